The molecule has 0 aromatic heterocycles. The van der Waals surface area contributed by atoms with Gasteiger partial charge in [-0.25, -0.2) is 0 Å². The summed E-state index contributed by atoms with van der Waals surface area (Å²) < 4.78 is 22.7. The van der Waals surface area contributed by atoms with Crippen LogP contribution in [0.1, 0.15) is 27.8 Å². The smallest absolute Gasteiger partial charge is 0.166 e. The minimum absolute atomic E-state index is 0.732. The van der Waals surface area contributed by atoms with Crippen LogP contribution in [0, 0.1) is 0 Å². The zero-order valence-corrected chi connectivity index (χ0v) is 20.7. The van der Waals surface area contributed by atoms with Crippen LogP contribution in [-0.2, 0) is 19.4 Å². The molecule has 3 aromatic rings. The molecule has 0 bridgehead atoms. The number of nitrogens with zero attached hydrogens (tertiary/aromatic N) is 1. The zero-order chi connectivity index (χ0) is 23.8. The van der Waals surface area contributed by atoms with Gasteiger partial charge >= 0.3 is 0 Å². The van der Waals surface area contributed by atoms with E-state index in [1.165, 1.54) is 28.0 Å². The number of allylic oxidation sites excluding steroid dienone is 1. The number of benzene rings is 3. The van der Waals surface area contributed by atoms with Gasteiger partial charge in [-0.05, 0) is 59.0 Å². The number of rotatable bonds is 6. The van der Waals surface area contributed by atoms with Gasteiger partial charge in [0.1, 0.15) is 0 Å². The SMILES string of the molecule is COc1cc2c(cc1OC)C1=C(Cc3cccc(Cl)c3)c3ccc(OC)c(OC)c3CN1CC2. The summed E-state index contributed by atoms with van der Waals surface area (Å²) in [5.41, 5.74) is 8.38. The first kappa shape index (κ1) is 22.5. The van der Waals surface area contributed by atoms with Crippen LogP contribution in [0.5, 0.6) is 23.0 Å². The fraction of sp³-hybridized carbons (Fsp3) is 0.286. The summed E-state index contributed by atoms with van der Waals surface area (Å²) in [6.45, 7) is 1.65. The highest BCUT2D eigenvalue weighted by Crippen LogP contribution is 2.48. The van der Waals surface area contributed by atoms with Crippen LogP contribution >= 0.6 is 11.6 Å². The van der Waals surface area contributed by atoms with Crippen molar-refractivity contribution in [3.05, 3.63) is 81.4 Å². The number of hydrogen-bond donors (Lipinski definition) is 0. The Labute approximate surface area is 205 Å². The Morgan fingerprint density at radius 2 is 1.59 bits per heavy atom. The molecule has 0 amide bonds. The van der Waals surface area contributed by atoms with Gasteiger partial charge in [-0.3, -0.25) is 0 Å². The monoisotopic (exact) mass is 477 g/mol. The van der Waals surface area contributed by atoms with Crippen LogP contribution in [0.4, 0.5) is 0 Å². The minimum atomic E-state index is 0.732. The van der Waals surface area contributed by atoms with Gasteiger partial charge in [0.15, 0.2) is 23.0 Å². The van der Waals surface area contributed by atoms with Gasteiger partial charge in [0, 0.05) is 41.4 Å². The lowest BCUT2D eigenvalue weighted by Crippen LogP contribution is -2.33. The molecule has 2 aliphatic rings. The fourth-order valence-corrected chi connectivity index (χ4v) is 5.39. The molecule has 0 saturated carbocycles. The normalized spacial score (nSPS) is 14.2. The van der Waals surface area contributed by atoms with Crippen molar-refractivity contribution in [2.45, 2.75) is 19.4 Å². The predicted octanol–water partition coefficient (Wildman–Crippen LogP) is 5.86. The molecule has 3 aromatic carbocycles. The Balaban J connectivity index is 1.78. The molecular formula is C28H28ClNO4. The summed E-state index contributed by atoms with van der Waals surface area (Å²) in [7, 11) is 6.74. The van der Waals surface area contributed by atoms with Gasteiger partial charge in [-0.2, -0.15) is 0 Å². The van der Waals surface area contributed by atoms with Gasteiger partial charge in [-0.15, -0.1) is 0 Å². The molecule has 0 radical (unpaired) electrons. The van der Waals surface area contributed by atoms with Gasteiger partial charge in [0.05, 0.1) is 28.4 Å². The molecule has 0 fully saturated rings. The Morgan fingerprint density at radius 3 is 2.29 bits per heavy atom. The molecule has 6 heteroatoms. The largest absolute Gasteiger partial charge is 0.493 e. The number of methoxy groups -OCH3 is 4. The van der Waals surface area contributed by atoms with E-state index < -0.39 is 0 Å². The van der Waals surface area contributed by atoms with Crippen molar-refractivity contribution < 1.29 is 18.9 Å². The maximum atomic E-state index is 6.35. The highest BCUT2D eigenvalue weighted by Gasteiger charge is 2.33. The summed E-state index contributed by atoms with van der Waals surface area (Å²) in [5.74, 6) is 3.03. The third kappa shape index (κ3) is 3.74. The quantitative estimate of drug-likeness (QED) is 0.445. The summed E-state index contributed by atoms with van der Waals surface area (Å²) >= 11 is 6.35. The van der Waals surface area contributed by atoms with Crippen molar-refractivity contribution in [2.24, 2.45) is 0 Å². The third-order valence-corrected chi connectivity index (χ3v) is 6.95. The van der Waals surface area contributed by atoms with Crippen molar-refractivity contribution in [2.75, 3.05) is 35.0 Å². The molecule has 0 spiro atoms. The third-order valence-electron chi connectivity index (χ3n) is 6.71. The second-order valence-corrected chi connectivity index (χ2v) is 8.93. The lowest BCUT2D eigenvalue weighted by molar-refractivity contribution is 0.332. The van der Waals surface area contributed by atoms with Gasteiger partial charge in [-0.1, -0.05) is 29.8 Å². The Bertz CT molecular complexity index is 1280. The first-order valence-electron chi connectivity index (χ1n) is 11.3. The molecular weight excluding hydrogens is 450 g/mol. The predicted molar refractivity (Wildman–Crippen MR) is 135 cm³/mol. The zero-order valence-electron chi connectivity index (χ0n) is 19.9. The second-order valence-electron chi connectivity index (χ2n) is 8.50. The maximum absolute atomic E-state index is 6.35. The fourth-order valence-electron chi connectivity index (χ4n) is 5.18. The standard InChI is InChI=1S/C28H28ClNO4/c1-31-24-9-8-20-22(13-17-6-5-7-19(29)12-17)27-21-15-26(33-3)25(32-2)14-18(21)10-11-30(27)16-23(20)28(24)34-4/h5-9,12,14-15H,10-11,13,16H2,1-4H3. The van der Waals surface area contributed by atoms with Crippen LogP contribution < -0.4 is 18.9 Å². The van der Waals surface area contributed by atoms with Gasteiger partial charge < -0.3 is 23.8 Å². The molecule has 2 heterocycles. The number of halogens is 1. The van der Waals surface area contributed by atoms with E-state index in [-0.39, 0.29) is 0 Å². The van der Waals surface area contributed by atoms with E-state index >= 15 is 0 Å². The lowest BCUT2D eigenvalue weighted by Gasteiger charge is -2.40. The molecule has 5 rings (SSSR count). The Kier molecular flexibility index (Phi) is 6.05. The van der Waals surface area contributed by atoms with Crippen molar-refractivity contribution in [1.29, 1.82) is 0 Å². The molecule has 5 nitrogen and oxygen atoms in total. The van der Waals surface area contributed by atoms with E-state index in [0.29, 0.717) is 0 Å². The topological polar surface area (TPSA) is 40.2 Å². The van der Waals surface area contributed by atoms with E-state index in [1.54, 1.807) is 28.4 Å². The average molecular weight is 478 g/mol. The summed E-state index contributed by atoms with van der Waals surface area (Å²) in [6, 6.07) is 16.4. The molecule has 0 aliphatic carbocycles. The summed E-state index contributed by atoms with van der Waals surface area (Å²) in [6.07, 6.45) is 1.66. The van der Waals surface area contributed by atoms with Crippen LogP contribution in [0.15, 0.2) is 48.5 Å². The van der Waals surface area contributed by atoms with E-state index in [4.69, 9.17) is 30.5 Å². The summed E-state index contributed by atoms with van der Waals surface area (Å²) in [5, 5.41) is 0.735. The van der Waals surface area contributed by atoms with Crippen LogP contribution in [0.25, 0.3) is 11.3 Å². The molecule has 2 aliphatic heterocycles. The number of fused-ring (bicyclic) bond motifs is 4. The average Bonchev–Trinajstić information content (AvgIpc) is 2.86. The second kappa shape index (κ2) is 9.15. The number of ether oxygens (including phenoxy) is 4. The molecule has 0 unspecified atom stereocenters. The lowest BCUT2D eigenvalue weighted by atomic mass is 9.83. The van der Waals surface area contributed by atoms with Crippen LogP contribution in [0.3, 0.4) is 0 Å². The van der Waals surface area contributed by atoms with E-state index in [0.717, 1.165) is 65.1 Å². The molecule has 176 valence electrons. The van der Waals surface area contributed by atoms with Crippen LogP contribution in [-0.4, -0.2) is 39.9 Å². The van der Waals surface area contributed by atoms with Crippen molar-refractivity contribution >= 4 is 22.9 Å². The highest BCUT2D eigenvalue weighted by atomic mass is 35.5. The summed E-state index contributed by atoms with van der Waals surface area (Å²) in [4.78, 5) is 2.44. The molecule has 0 saturated heterocycles. The highest BCUT2D eigenvalue weighted by molar-refractivity contribution is 6.30. The van der Waals surface area contributed by atoms with Crippen molar-refractivity contribution in [3.8, 4) is 23.0 Å². The van der Waals surface area contributed by atoms with E-state index in [1.807, 2.05) is 24.3 Å². The van der Waals surface area contributed by atoms with Crippen molar-refractivity contribution in [1.82, 2.24) is 4.90 Å². The van der Waals surface area contributed by atoms with E-state index in [9.17, 15) is 0 Å². The van der Waals surface area contributed by atoms with Crippen LogP contribution in [0.2, 0.25) is 5.02 Å². The van der Waals surface area contributed by atoms with E-state index in [2.05, 4.69) is 29.2 Å². The number of hydrogen-bond acceptors (Lipinski definition) is 5. The molecule has 0 atom stereocenters. The minimum Gasteiger partial charge on any atom is -0.493 e. The maximum Gasteiger partial charge on any atom is 0.166 e. The first-order chi connectivity index (χ1) is 16.6. The Morgan fingerprint density at radius 1 is 0.824 bits per heavy atom. The Hall–Kier alpha value is -3.31. The molecule has 34 heavy (non-hydrogen) atoms. The van der Waals surface area contributed by atoms with Gasteiger partial charge in [0.2, 0.25) is 0 Å². The molecule has 0 N–H and O–H groups in total. The van der Waals surface area contributed by atoms with Gasteiger partial charge in [0.25, 0.3) is 0 Å². The first-order valence-corrected chi connectivity index (χ1v) is 11.7. The van der Waals surface area contributed by atoms with Crippen molar-refractivity contribution in [3.63, 3.8) is 0 Å².